The zero-order chi connectivity index (χ0) is 10.9. The quantitative estimate of drug-likeness (QED) is 0.782. The molecule has 2 atom stereocenters. The maximum Gasteiger partial charge on any atom is 0.126 e. The monoisotopic (exact) mass is 207 g/mol. The highest BCUT2D eigenvalue weighted by atomic mass is 15.0. The third kappa shape index (κ3) is 2.07. The first kappa shape index (κ1) is 10.7. The van der Waals surface area contributed by atoms with Gasteiger partial charge in [-0.25, -0.2) is 4.98 Å². The number of aromatic amines is 1. The fourth-order valence-electron chi connectivity index (χ4n) is 2.67. The number of nitrogens with one attached hydrogen (secondary N) is 1. The van der Waals surface area contributed by atoms with Gasteiger partial charge >= 0.3 is 0 Å². The van der Waals surface area contributed by atoms with E-state index in [9.17, 15) is 0 Å². The minimum Gasteiger partial charge on any atom is -0.347 e. The van der Waals surface area contributed by atoms with Crippen molar-refractivity contribution in [2.45, 2.75) is 45.1 Å². The van der Waals surface area contributed by atoms with Crippen molar-refractivity contribution in [2.24, 2.45) is 17.6 Å². The summed E-state index contributed by atoms with van der Waals surface area (Å²) < 4.78 is 0. The molecule has 0 spiro atoms. The van der Waals surface area contributed by atoms with Crippen molar-refractivity contribution in [3.8, 4) is 0 Å². The Labute approximate surface area is 91.5 Å². The Balaban J connectivity index is 2.15. The summed E-state index contributed by atoms with van der Waals surface area (Å²) in [5.74, 6) is 2.44. The first-order chi connectivity index (χ1) is 7.12. The van der Waals surface area contributed by atoms with Crippen LogP contribution in [-0.2, 0) is 5.54 Å². The van der Waals surface area contributed by atoms with E-state index in [1.54, 1.807) is 6.20 Å². The van der Waals surface area contributed by atoms with Gasteiger partial charge in [-0.3, -0.25) is 0 Å². The lowest BCUT2D eigenvalue weighted by atomic mass is 9.72. The maximum absolute atomic E-state index is 6.46. The van der Waals surface area contributed by atoms with E-state index in [-0.39, 0.29) is 5.54 Å². The van der Waals surface area contributed by atoms with E-state index in [2.05, 4.69) is 23.8 Å². The molecule has 1 aliphatic carbocycles. The molecule has 1 fully saturated rings. The number of hydrogen-bond donors (Lipinski definition) is 2. The molecule has 15 heavy (non-hydrogen) atoms. The summed E-state index contributed by atoms with van der Waals surface area (Å²) in [4.78, 5) is 7.50. The molecular formula is C12H21N3. The SMILES string of the molecule is CC(C)[C@H]1CCC[C@](N)(c2ncc[nH]2)C1. The number of rotatable bonds is 2. The number of nitrogens with zero attached hydrogens (tertiary/aromatic N) is 1. The van der Waals surface area contributed by atoms with Gasteiger partial charge < -0.3 is 10.7 Å². The lowest BCUT2D eigenvalue weighted by Gasteiger charge is -2.38. The lowest BCUT2D eigenvalue weighted by molar-refractivity contribution is 0.177. The maximum atomic E-state index is 6.46. The Morgan fingerprint density at radius 3 is 3.00 bits per heavy atom. The lowest BCUT2D eigenvalue weighted by Crippen LogP contribution is -2.43. The summed E-state index contributed by atoms with van der Waals surface area (Å²) >= 11 is 0. The number of imidazole rings is 1. The van der Waals surface area contributed by atoms with Crippen molar-refractivity contribution in [2.75, 3.05) is 0 Å². The minimum absolute atomic E-state index is 0.212. The van der Waals surface area contributed by atoms with E-state index in [1.807, 2.05) is 6.20 Å². The zero-order valence-electron chi connectivity index (χ0n) is 9.66. The van der Waals surface area contributed by atoms with Crippen molar-refractivity contribution >= 4 is 0 Å². The van der Waals surface area contributed by atoms with E-state index in [0.717, 1.165) is 30.5 Å². The van der Waals surface area contributed by atoms with Crippen molar-refractivity contribution in [3.63, 3.8) is 0 Å². The molecule has 0 aromatic carbocycles. The van der Waals surface area contributed by atoms with Crippen LogP contribution in [0.25, 0.3) is 0 Å². The standard InChI is InChI=1S/C12H21N3/c1-9(2)10-4-3-5-12(13,8-10)11-14-6-7-15-11/h6-7,9-10H,3-5,8,13H2,1-2H3,(H,14,15)/t10-,12+/m0/s1. The Morgan fingerprint density at radius 2 is 2.40 bits per heavy atom. The average molecular weight is 207 g/mol. The molecule has 84 valence electrons. The highest BCUT2D eigenvalue weighted by Crippen LogP contribution is 2.39. The topological polar surface area (TPSA) is 54.7 Å². The van der Waals surface area contributed by atoms with Crippen molar-refractivity contribution < 1.29 is 0 Å². The molecule has 1 aromatic rings. The van der Waals surface area contributed by atoms with Crippen LogP contribution in [0.5, 0.6) is 0 Å². The van der Waals surface area contributed by atoms with Gasteiger partial charge in [0.1, 0.15) is 5.82 Å². The summed E-state index contributed by atoms with van der Waals surface area (Å²) in [6.07, 6.45) is 8.32. The van der Waals surface area contributed by atoms with E-state index < -0.39 is 0 Å². The van der Waals surface area contributed by atoms with Gasteiger partial charge in [-0.15, -0.1) is 0 Å². The Morgan fingerprint density at radius 1 is 1.60 bits per heavy atom. The van der Waals surface area contributed by atoms with Gasteiger partial charge in [0.25, 0.3) is 0 Å². The van der Waals surface area contributed by atoms with Crippen LogP contribution in [0.3, 0.4) is 0 Å². The summed E-state index contributed by atoms with van der Waals surface area (Å²) in [5.41, 5.74) is 6.25. The molecule has 0 radical (unpaired) electrons. The van der Waals surface area contributed by atoms with Crippen LogP contribution in [0, 0.1) is 11.8 Å². The molecule has 1 aromatic heterocycles. The van der Waals surface area contributed by atoms with Crippen molar-refractivity contribution in [1.29, 1.82) is 0 Å². The van der Waals surface area contributed by atoms with E-state index in [1.165, 1.54) is 12.8 Å². The van der Waals surface area contributed by atoms with E-state index >= 15 is 0 Å². The molecule has 2 rings (SSSR count). The van der Waals surface area contributed by atoms with Crippen LogP contribution in [-0.4, -0.2) is 9.97 Å². The van der Waals surface area contributed by atoms with Crippen molar-refractivity contribution in [1.82, 2.24) is 9.97 Å². The number of H-pyrrole nitrogens is 1. The van der Waals surface area contributed by atoms with Gasteiger partial charge in [0.2, 0.25) is 0 Å². The third-order valence-corrected chi connectivity index (χ3v) is 3.74. The second-order valence-corrected chi connectivity index (χ2v) is 5.19. The van der Waals surface area contributed by atoms with Gasteiger partial charge in [-0.2, -0.15) is 0 Å². The molecule has 0 amide bonds. The van der Waals surface area contributed by atoms with Crippen LogP contribution >= 0.6 is 0 Å². The summed E-state index contributed by atoms with van der Waals surface area (Å²) in [7, 11) is 0. The normalized spacial score (nSPS) is 32.1. The molecule has 0 aliphatic heterocycles. The molecule has 1 aliphatic rings. The summed E-state index contributed by atoms with van der Waals surface area (Å²) in [6, 6.07) is 0. The number of aromatic nitrogens is 2. The van der Waals surface area contributed by atoms with Crippen LogP contribution in [0.15, 0.2) is 12.4 Å². The fraction of sp³-hybridized carbons (Fsp3) is 0.750. The number of hydrogen-bond acceptors (Lipinski definition) is 2. The van der Waals surface area contributed by atoms with Gasteiger partial charge in [-0.1, -0.05) is 26.7 Å². The first-order valence-electron chi connectivity index (χ1n) is 5.90. The summed E-state index contributed by atoms with van der Waals surface area (Å²) in [6.45, 7) is 4.58. The molecule has 3 nitrogen and oxygen atoms in total. The zero-order valence-corrected chi connectivity index (χ0v) is 9.66. The first-order valence-corrected chi connectivity index (χ1v) is 5.90. The van der Waals surface area contributed by atoms with Crippen LogP contribution in [0.4, 0.5) is 0 Å². The Hall–Kier alpha value is -0.830. The third-order valence-electron chi connectivity index (χ3n) is 3.74. The smallest absolute Gasteiger partial charge is 0.126 e. The van der Waals surface area contributed by atoms with Crippen LogP contribution < -0.4 is 5.73 Å². The fourth-order valence-corrected chi connectivity index (χ4v) is 2.67. The molecule has 0 bridgehead atoms. The van der Waals surface area contributed by atoms with Gasteiger partial charge in [0, 0.05) is 12.4 Å². The molecule has 0 saturated heterocycles. The van der Waals surface area contributed by atoms with Gasteiger partial charge in [0.05, 0.1) is 5.54 Å². The molecule has 1 saturated carbocycles. The van der Waals surface area contributed by atoms with Crippen LogP contribution in [0.1, 0.15) is 45.4 Å². The summed E-state index contributed by atoms with van der Waals surface area (Å²) in [5, 5.41) is 0. The van der Waals surface area contributed by atoms with E-state index in [0.29, 0.717) is 0 Å². The Bertz CT molecular complexity index is 305. The highest BCUT2D eigenvalue weighted by molar-refractivity contribution is 5.07. The number of nitrogens with two attached hydrogens (primary N) is 1. The molecule has 0 unspecified atom stereocenters. The van der Waals surface area contributed by atoms with Gasteiger partial charge in [0.15, 0.2) is 0 Å². The largest absolute Gasteiger partial charge is 0.347 e. The van der Waals surface area contributed by atoms with Crippen molar-refractivity contribution in [3.05, 3.63) is 18.2 Å². The molecule has 1 heterocycles. The molecule has 3 heteroatoms. The molecular weight excluding hydrogens is 186 g/mol. The second-order valence-electron chi connectivity index (χ2n) is 5.19. The second kappa shape index (κ2) is 3.97. The Kier molecular flexibility index (Phi) is 2.83. The van der Waals surface area contributed by atoms with E-state index in [4.69, 9.17) is 5.73 Å². The average Bonchev–Trinajstić information content (AvgIpc) is 2.71. The predicted octanol–water partition coefficient (Wildman–Crippen LogP) is 2.41. The van der Waals surface area contributed by atoms with Gasteiger partial charge in [-0.05, 0) is 24.7 Å². The molecule has 3 N–H and O–H groups in total. The van der Waals surface area contributed by atoms with Crippen LogP contribution in [0.2, 0.25) is 0 Å². The predicted molar refractivity (Wildman–Crippen MR) is 61.2 cm³/mol. The minimum atomic E-state index is -0.212. The highest BCUT2D eigenvalue weighted by Gasteiger charge is 2.37.